The maximum absolute atomic E-state index is 13.0. The maximum atomic E-state index is 13.0. The zero-order valence-electron chi connectivity index (χ0n) is 67.8. The van der Waals surface area contributed by atoms with Gasteiger partial charge in [0.25, 0.3) is 6.29 Å². The van der Waals surface area contributed by atoms with Crippen molar-refractivity contribution in [3.8, 4) is 0 Å². The maximum Gasteiger partial charge on any atom is 0.361 e. The van der Waals surface area contributed by atoms with Crippen LogP contribution in [0.15, 0.2) is 109 Å². The molecule has 0 amide bonds. The second-order valence-electron chi connectivity index (χ2n) is 30.5. The minimum atomic E-state index is -1.52. The number of carbonyl (C=O) groups excluding carboxylic acids is 2. The molecular formula is C93H166NO8+. The number of carbonyl (C=O) groups is 3. The lowest BCUT2D eigenvalue weighted by atomic mass is 10.0. The van der Waals surface area contributed by atoms with Crippen LogP contribution in [-0.4, -0.2) is 87.4 Å². The number of hydrogen-bond acceptors (Lipinski definition) is 7. The largest absolute Gasteiger partial charge is 0.477 e. The fourth-order valence-corrected chi connectivity index (χ4v) is 12.7. The highest BCUT2D eigenvalue weighted by Crippen LogP contribution is 2.20. The number of ether oxygens (including phenoxy) is 4. The van der Waals surface area contributed by atoms with Crippen LogP contribution in [0.5, 0.6) is 0 Å². The van der Waals surface area contributed by atoms with E-state index in [0.29, 0.717) is 23.9 Å². The van der Waals surface area contributed by atoms with Crippen LogP contribution in [0.2, 0.25) is 0 Å². The Hall–Kier alpha value is -4.05. The number of allylic oxidation sites excluding steroid dienone is 18. The fourth-order valence-electron chi connectivity index (χ4n) is 12.7. The molecule has 0 aliphatic heterocycles. The van der Waals surface area contributed by atoms with E-state index in [1.807, 2.05) is 21.1 Å². The van der Waals surface area contributed by atoms with Crippen molar-refractivity contribution in [2.24, 2.45) is 0 Å². The molecule has 0 aliphatic rings. The van der Waals surface area contributed by atoms with Gasteiger partial charge < -0.3 is 28.5 Å². The average Bonchev–Trinajstić information content (AvgIpc) is 1.02. The Balaban J connectivity index is 3.99. The van der Waals surface area contributed by atoms with Crippen LogP contribution in [0.4, 0.5) is 0 Å². The van der Waals surface area contributed by atoms with E-state index in [4.69, 9.17) is 18.9 Å². The molecule has 0 aromatic rings. The van der Waals surface area contributed by atoms with Gasteiger partial charge in [0.1, 0.15) is 13.2 Å². The van der Waals surface area contributed by atoms with Crippen molar-refractivity contribution >= 4 is 17.9 Å². The van der Waals surface area contributed by atoms with E-state index in [2.05, 4.69) is 123 Å². The zero-order valence-corrected chi connectivity index (χ0v) is 67.8. The van der Waals surface area contributed by atoms with Gasteiger partial charge in [-0.25, -0.2) is 4.79 Å². The summed E-state index contributed by atoms with van der Waals surface area (Å²) < 4.78 is 23.1. The molecule has 0 heterocycles. The summed E-state index contributed by atoms with van der Waals surface area (Å²) in [7, 11) is 5.99. The van der Waals surface area contributed by atoms with Gasteiger partial charge >= 0.3 is 17.9 Å². The topological polar surface area (TPSA) is 108 Å². The number of aliphatic carboxylic acids is 1. The number of carboxylic acids is 1. The molecule has 0 saturated heterocycles. The number of nitrogens with zero attached hydrogens (tertiary/aromatic N) is 1. The van der Waals surface area contributed by atoms with Gasteiger partial charge in [0.15, 0.2) is 6.10 Å². The Labute approximate surface area is 632 Å². The minimum absolute atomic E-state index is 0.184. The van der Waals surface area contributed by atoms with Gasteiger partial charge in [-0.1, -0.05) is 419 Å². The zero-order chi connectivity index (χ0) is 73.9. The Morgan fingerprint density at radius 2 is 0.559 bits per heavy atom. The van der Waals surface area contributed by atoms with Crippen molar-refractivity contribution < 1.29 is 42.9 Å². The quantitative estimate of drug-likeness (QED) is 0.0211. The first-order chi connectivity index (χ1) is 50.1. The molecule has 1 N–H and O–H groups in total. The van der Waals surface area contributed by atoms with E-state index >= 15 is 0 Å². The fraction of sp³-hybridized carbons (Fsp3) is 0.774. The summed E-state index contributed by atoms with van der Waals surface area (Å²) in [5.74, 6) is -2.00. The first kappa shape index (κ1) is 98.0. The standard InChI is InChI=1S/C93H165NO8/c1-6-8-10-12-14-16-18-20-22-24-26-28-30-32-34-36-38-40-42-44-45-46-48-49-51-53-55-57-59-61-63-65-67-69-71-73-75-77-79-81-83-90(95)100-87-89(88-101-93(92(97)98)99-86-85-94(3,4)5)102-91(96)84-82-80-78-76-74-72-70-68-66-64-62-60-58-56-54-52-50-47-43-41-39-37-35-33-31-29-27-25-23-21-19-17-15-13-11-9-7-2/h9,11,15,17,21,23,27,29,33,35,39,41,47,50,54,56,60,62,89,93H,6-8,10,12-14,16,18-20,22,24-26,28,30-32,34,36-38,40,42-46,48-49,51-53,55,57-59,61,63-88H2,1-5H3/p+1/b11-9-,17-15-,23-21-,29-27-,35-33-,41-39-,50-47-,56-54-,62-60-. The molecule has 0 aromatic heterocycles. The van der Waals surface area contributed by atoms with Gasteiger partial charge in [-0.3, -0.25) is 9.59 Å². The molecule has 2 unspecified atom stereocenters. The van der Waals surface area contributed by atoms with Crippen LogP contribution in [0.25, 0.3) is 0 Å². The number of quaternary nitrogens is 1. The third-order valence-corrected chi connectivity index (χ3v) is 19.3. The summed E-state index contributed by atoms with van der Waals surface area (Å²) in [6.07, 6.45) is 114. The normalized spacial score (nSPS) is 13.1. The molecule has 0 spiro atoms. The SMILES string of the molecule is CC/C=C\C/C=C\C/C=C\C/C=C\C/C=C\C/C=C\C/C=C\C/C=C\C/C=C\CCCCCCCCCCCC(=O)OC(COC(=O)CCCCCCCCCCCCCCCCCCCCCCCCCCCCCCCCCCCCCCCCCC)COC(OCC[N+](C)(C)C)C(=O)O. The molecule has 0 aromatic carbocycles. The summed E-state index contributed by atoms with van der Waals surface area (Å²) in [6, 6.07) is 0. The van der Waals surface area contributed by atoms with Crippen LogP contribution in [0, 0.1) is 0 Å². The summed E-state index contributed by atoms with van der Waals surface area (Å²) in [6.45, 7) is 4.81. The number of esters is 2. The van der Waals surface area contributed by atoms with Crippen molar-refractivity contribution in [2.45, 2.75) is 418 Å². The Morgan fingerprint density at radius 1 is 0.304 bits per heavy atom. The van der Waals surface area contributed by atoms with E-state index in [1.54, 1.807) is 0 Å². The lowest BCUT2D eigenvalue weighted by Gasteiger charge is -2.25. The van der Waals surface area contributed by atoms with E-state index in [9.17, 15) is 19.5 Å². The summed E-state index contributed by atoms with van der Waals surface area (Å²) in [5, 5.41) is 9.79. The van der Waals surface area contributed by atoms with Crippen LogP contribution in [0.1, 0.15) is 406 Å². The number of carboxylic acid groups (broad SMARTS) is 1. The van der Waals surface area contributed by atoms with E-state index < -0.39 is 24.3 Å². The second kappa shape index (κ2) is 82.6. The monoisotopic (exact) mass is 1430 g/mol. The van der Waals surface area contributed by atoms with Crippen molar-refractivity contribution in [3.63, 3.8) is 0 Å². The first-order valence-electron chi connectivity index (χ1n) is 43.6. The van der Waals surface area contributed by atoms with Crippen LogP contribution < -0.4 is 0 Å². The highest BCUT2D eigenvalue weighted by molar-refractivity contribution is 5.71. The molecule has 102 heavy (non-hydrogen) atoms. The van der Waals surface area contributed by atoms with Crippen LogP contribution in [0.3, 0.4) is 0 Å². The summed E-state index contributed by atoms with van der Waals surface area (Å²) in [4.78, 5) is 37.8. The third kappa shape index (κ3) is 83.2. The predicted octanol–water partition coefficient (Wildman–Crippen LogP) is 28.4. The van der Waals surface area contributed by atoms with Crippen LogP contribution >= 0.6 is 0 Å². The minimum Gasteiger partial charge on any atom is -0.477 e. The van der Waals surface area contributed by atoms with E-state index in [-0.39, 0.29) is 32.2 Å². The molecular weight excluding hydrogens is 1260 g/mol. The van der Waals surface area contributed by atoms with E-state index in [1.165, 1.54) is 270 Å². The van der Waals surface area contributed by atoms with Crippen LogP contribution in [-0.2, 0) is 33.3 Å². The lowest BCUT2D eigenvalue weighted by molar-refractivity contribution is -0.870. The van der Waals surface area contributed by atoms with Gasteiger partial charge in [0, 0.05) is 12.8 Å². The molecule has 0 saturated carbocycles. The van der Waals surface area contributed by atoms with Gasteiger partial charge in [-0.15, -0.1) is 0 Å². The Bertz CT molecular complexity index is 2060. The highest BCUT2D eigenvalue weighted by Gasteiger charge is 2.25. The number of rotatable bonds is 81. The molecule has 9 heteroatoms. The smallest absolute Gasteiger partial charge is 0.361 e. The van der Waals surface area contributed by atoms with Crippen molar-refractivity contribution in [2.75, 3.05) is 47.5 Å². The molecule has 2 atom stereocenters. The number of hydrogen-bond donors (Lipinski definition) is 1. The summed E-state index contributed by atoms with van der Waals surface area (Å²) in [5.41, 5.74) is 0. The molecule has 9 nitrogen and oxygen atoms in total. The van der Waals surface area contributed by atoms with Crippen molar-refractivity contribution in [1.29, 1.82) is 0 Å². The predicted molar refractivity (Wildman–Crippen MR) is 442 cm³/mol. The van der Waals surface area contributed by atoms with Gasteiger partial charge in [0.05, 0.1) is 34.4 Å². The molecule has 590 valence electrons. The number of likely N-dealkylation sites (N-methyl/N-ethyl adjacent to an activating group) is 1. The van der Waals surface area contributed by atoms with Gasteiger partial charge in [-0.2, -0.15) is 0 Å². The molecule has 0 aliphatic carbocycles. The van der Waals surface area contributed by atoms with Crippen molar-refractivity contribution in [3.05, 3.63) is 109 Å². The molecule has 0 fully saturated rings. The lowest BCUT2D eigenvalue weighted by Crippen LogP contribution is -2.40. The van der Waals surface area contributed by atoms with Gasteiger partial charge in [0.2, 0.25) is 0 Å². The first-order valence-corrected chi connectivity index (χ1v) is 43.6. The van der Waals surface area contributed by atoms with Crippen molar-refractivity contribution in [1.82, 2.24) is 0 Å². The van der Waals surface area contributed by atoms with E-state index in [0.717, 1.165) is 103 Å². The number of unbranched alkanes of at least 4 members (excludes halogenated alkanes) is 48. The Kier molecular flexibility index (Phi) is 79.3. The Morgan fingerprint density at radius 3 is 0.833 bits per heavy atom. The highest BCUT2D eigenvalue weighted by atomic mass is 16.7. The summed E-state index contributed by atoms with van der Waals surface area (Å²) >= 11 is 0. The molecule has 0 rings (SSSR count). The average molecular weight is 1430 g/mol. The molecule has 0 bridgehead atoms. The third-order valence-electron chi connectivity index (χ3n) is 19.3. The second-order valence-corrected chi connectivity index (χ2v) is 30.5. The van der Waals surface area contributed by atoms with Gasteiger partial charge in [-0.05, 0) is 83.5 Å². The molecule has 0 radical (unpaired) electrons.